The third kappa shape index (κ3) is 3.52. The predicted octanol–water partition coefficient (Wildman–Crippen LogP) is 9.52. The number of rotatable bonds is 4. The zero-order chi connectivity index (χ0) is 27.6. The summed E-state index contributed by atoms with van der Waals surface area (Å²) in [4.78, 5) is 2.56. The molecule has 7 aromatic rings. The Kier molecular flexibility index (Phi) is 5.19. The molecule has 202 valence electrons. The van der Waals surface area contributed by atoms with Crippen molar-refractivity contribution < 1.29 is 4.42 Å². The second-order valence-electron chi connectivity index (χ2n) is 11.3. The quantitative estimate of drug-likeness (QED) is 0.240. The molecule has 2 unspecified atom stereocenters. The van der Waals surface area contributed by atoms with E-state index >= 15 is 0 Å². The van der Waals surface area contributed by atoms with Gasteiger partial charge in [0.15, 0.2) is 0 Å². The van der Waals surface area contributed by atoms with Gasteiger partial charge in [0.25, 0.3) is 0 Å². The van der Waals surface area contributed by atoms with E-state index in [9.17, 15) is 0 Å². The van der Waals surface area contributed by atoms with Gasteiger partial charge in [-0.05, 0) is 54.3 Å². The average molecular weight is 544 g/mol. The maximum Gasteiger partial charge on any atom is 0.137 e. The minimum Gasteiger partial charge on any atom is -0.456 e. The van der Waals surface area contributed by atoms with Crippen molar-refractivity contribution in [2.24, 2.45) is 0 Å². The van der Waals surface area contributed by atoms with E-state index in [1.54, 1.807) is 0 Å². The van der Waals surface area contributed by atoms with Crippen molar-refractivity contribution >= 4 is 49.4 Å². The molecule has 2 atom stereocenters. The summed E-state index contributed by atoms with van der Waals surface area (Å²) in [6, 6.07) is 43.2. The normalized spacial score (nSPS) is 18.9. The predicted molar refractivity (Wildman–Crippen MR) is 172 cm³/mol. The smallest absolute Gasteiger partial charge is 0.137 e. The number of hydrogen-bond donors (Lipinski definition) is 1. The van der Waals surface area contributed by atoms with E-state index in [0.29, 0.717) is 0 Å². The Bertz CT molecular complexity index is 2140. The standard InChI is InChI=1S/C38H29N3O/c1-3-11-25(12-4-1)37-39-38(26-13-5-2-6-14-26)41(37)28-21-19-27(20-22-28)40-33-17-9-7-15-29(33)31-23-32-30-16-8-10-18-35(30)42-36(32)24-34(31)40/h1-19,21,23-24,37-39H,20,22H2. The topological polar surface area (TPSA) is 33.3 Å². The lowest BCUT2D eigenvalue weighted by molar-refractivity contribution is -0.000589. The molecular weight excluding hydrogens is 514 g/mol. The Morgan fingerprint density at radius 1 is 0.524 bits per heavy atom. The van der Waals surface area contributed by atoms with Gasteiger partial charge in [-0.3, -0.25) is 5.32 Å². The van der Waals surface area contributed by atoms with Crippen LogP contribution in [0.1, 0.15) is 36.3 Å². The molecule has 3 heterocycles. The van der Waals surface area contributed by atoms with Crippen LogP contribution in [0.15, 0.2) is 144 Å². The van der Waals surface area contributed by atoms with Gasteiger partial charge in [-0.25, -0.2) is 0 Å². The number of hydrogen-bond acceptors (Lipinski definition) is 3. The van der Waals surface area contributed by atoms with Crippen LogP contribution in [0.25, 0.3) is 49.4 Å². The number of nitrogens with zero attached hydrogens (tertiary/aromatic N) is 2. The fourth-order valence-electron chi connectivity index (χ4n) is 7.01. The van der Waals surface area contributed by atoms with Crippen molar-refractivity contribution in [3.8, 4) is 0 Å². The maximum absolute atomic E-state index is 6.32. The van der Waals surface area contributed by atoms with Crippen molar-refractivity contribution in [3.05, 3.63) is 150 Å². The second-order valence-corrected chi connectivity index (χ2v) is 11.3. The van der Waals surface area contributed by atoms with E-state index in [1.807, 2.05) is 6.07 Å². The summed E-state index contributed by atoms with van der Waals surface area (Å²) in [7, 11) is 0. The Balaban J connectivity index is 1.17. The summed E-state index contributed by atoms with van der Waals surface area (Å²) in [6.45, 7) is 0. The van der Waals surface area contributed by atoms with Gasteiger partial charge in [0, 0.05) is 39.0 Å². The molecule has 0 spiro atoms. The number of allylic oxidation sites excluding steroid dienone is 4. The molecule has 0 radical (unpaired) electrons. The molecule has 4 heteroatoms. The Hall–Kier alpha value is -5.06. The van der Waals surface area contributed by atoms with Gasteiger partial charge < -0.3 is 13.9 Å². The first kappa shape index (κ1) is 23.6. The first-order valence-corrected chi connectivity index (χ1v) is 14.7. The highest BCUT2D eigenvalue weighted by Gasteiger charge is 2.40. The van der Waals surface area contributed by atoms with Crippen molar-refractivity contribution in [2.75, 3.05) is 0 Å². The fraction of sp³-hybridized carbons (Fsp3) is 0.105. The number of aromatic nitrogens is 1. The Morgan fingerprint density at radius 2 is 1.14 bits per heavy atom. The van der Waals surface area contributed by atoms with Crippen LogP contribution < -0.4 is 5.32 Å². The molecule has 2 aliphatic rings. The van der Waals surface area contributed by atoms with Crippen molar-refractivity contribution in [2.45, 2.75) is 25.2 Å². The number of benzene rings is 5. The van der Waals surface area contributed by atoms with Crippen LogP contribution in [0.2, 0.25) is 0 Å². The van der Waals surface area contributed by atoms with E-state index in [0.717, 1.165) is 24.0 Å². The van der Waals surface area contributed by atoms with E-state index in [2.05, 4.69) is 142 Å². The number of fused-ring (bicyclic) bond motifs is 6. The van der Waals surface area contributed by atoms with E-state index < -0.39 is 0 Å². The highest BCUT2D eigenvalue weighted by molar-refractivity contribution is 6.17. The molecule has 1 saturated heterocycles. The summed E-state index contributed by atoms with van der Waals surface area (Å²) in [5.41, 5.74) is 9.55. The molecule has 1 N–H and O–H groups in total. The average Bonchev–Trinajstić information content (AvgIpc) is 3.56. The maximum atomic E-state index is 6.32. The molecule has 9 rings (SSSR count). The van der Waals surface area contributed by atoms with Crippen molar-refractivity contribution in [1.29, 1.82) is 0 Å². The molecule has 0 bridgehead atoms. The van der Waals surface area contributed by atoms with Gasteiger partial charge in [0.05, 0.1) is 11.0 Å². The summed E-state index contributed by atoms with van der Waals surface area (Å²) < 4.78 is 8.77. The molecular formula is C38H29N3O. The summed E-state index contributed by atoms with van der Waals surface area (Å²) >= 11 is 0. The Labute approximate surface area is 243 Å². The zero-order valence-electron chi connectivity index (χ0n) is 23.1. The number of furan rings is 1. The minimum absolute atomic E-state index is 0.159. The molecule has 1 fully saturated rings. The highest BCUT2D eigenvalue weighted by atomic mass is 16.3. The van der Waals surface area contributed by atoms with Gasteiger partial charge in [0.1, 0.15) is 23.5 Å². The third-order valence-corrected chi connectivity index (χ3v) is 9.00. The summed E-state index contributed by atoms with van der Waals surface area (Å²) in [6.07, 6.45) is 6.92. The van der Waals surface area contributed by atoms with Crippen molar-refractivity contribution in [1.82, 2.24) is 14.8 Å². The zero-order valence-corrected chi connectivity index (χ0v) is 23.1. The van der Waals surface area contributed by atoms with Crippen molar-refractivity contribution in [3.63, 3.8) is 0 Å². The largest absolute Gasteiger partial charge is 0.456 e. The molecule has 4 nitrogen and oxygen atoms in total. The minimum atomic E-state index is 0.159. The lowest BCUT2D eigenvalue weighted by Crippen LogP contribution is -2.56. The first-order chi connectivity index (χ1) is 20.8. The van der Waals surface area contributed by atoms with E-state index in [-0.39, 0.29) is 12.3 Å². The monoisotopic (exact) mass is 543 g/mol. The molecule has 1 aliphatic heterocycles. The van der Waals surface area contributed by atoms with Crippen LogP contribution in [-0.2, 0) is 0 Å². The van der Waals surface area contributed by atoms with E-state index in [1.165, 1.54) is 55.1 Å². The summed E-state index contributed by atoms with van der Waals surface area (Å²) in [5, 5.41) is 8.70. The van der Waals surface area contributed by atoms with Crippen LogP contribution in [0.4, 0.5) is 0 Å². The summed E-state index contributed by atoms with van der Waals surface area (Å²) in [5.74, 6) is 0. The number of para-hydroxylation sites is 2. The van der Waals surface area contributed by atoms with E-state index in [4.69, 9.17) is 4.42 Å². The molecule has 0 amide bonds. The van der Waals surface area contributed by atoms with Gasteiger partial charge in [-0.1, -0.05) is 97.1 Å². The lowest BCUT2D eigenvalue weighted by atomic mass is 9.96. The first-order valence-electron chi connectivity index (χ1n) is 14.7. The molecule has 2 aromatic heterocycles. The van der Waals surface area contributed by atoms with Crippen LogP contribution in [0, 0.1) is 0 Å². The van der Waals surface area contributed by atoms with Crippen LogP contribution in [0.5, 0.6) is 0 Å². The molecule has 5 aromatic carbocycles. The van der Waals surface area contributed by atoms with Crippen LogP contribution in [0.3, 0.4) is 0 Å². The lowest BCUT2D eigenvalue weighted by Gasteiger charge is -2.53. The van der Waals surface area contributed by atoms with Crippen LogP contribution in [-0.4, -0.2) is 9.47 Å². The van der Waals surface area contributed by atoms with Gasteiger partial charge in [-0.15, -0.1) is 0 Å². The SMILES string of the molecule is C1=C(N2C(c3ccccc3)NC2c2ccccc2)CCC(n2c3ccccc3c3cc4c(cc32)oc2ccccc24)=C1. The fourth-order valence-corrected chi connectivity index (χ4v) is 7.01. The molecule has 1 aliphatic carbocycles. The van der Waals surface area contributed by atoms with Crippen LogP contribution >= 0.6 is 0 Å². The second kappa shape index (κ2) is 9.23. The number of nitrogens with one attached hydrogen (secondary N) is 1. The van der Waals surface area contributed by atoms with Gasteiger partial charge in [0.2, 0.25) is 0 Å². The molecule has 42 heavy (non-hydrogen) atoms. The Morgan fingerprint density at radius 3 is 1.86 bits per heavy atom. The van der Waals surface area contributed by atoms with Gasteiger partial charge >= 0.3 is 0 Å². The highest BCUT2D eigenvalue weighted by Crippen LogP contribution is 2.45. The van der Waals surface area contributed by atoms with Gasteiger partial charge in [-0.2, -0.15) is 0 Å². The molecule has 0 saturated carbocycles. The third-order valence-electron chi connectivity index (χ3n) is 9.00.